The highest BCUT2D eigenvalue weighted by Crippen LogP contribution is 2.34. The number of aryl methyl sites for hydroxylation is 3. The van der Waals surface area contributed by atoms with E-state index >= 15 is 0 Å². The average molecular weight is 338 g/mol. The maximum Gasteiger partial charge on any atom is 0.254 e. The first-order valence-corrected chi connectivity index (χ1v) is 9.45. The molecule has 0 radical (unpaired) electrons. The van der Waals surface area contributed by atoms with Crippen molar-refractivity contribution in [2.45, 2.75) is 65.0 Å². The van der Waals surface area contributed by atoms with Crippen LogP contribution in [0.2, 0.25) is 0 Å². The molecule has 0 spiro atoms. The molecule has 4 rings (SSSR count). The number of nitrogens with zero attached hydrogens (tertiary/aromatic N) is 4. The Morgan fingerprint density at radius 1 is 1.08 bits per heavy atom. The first-order valence-electron chi connectivity index (χ1n) is 9.45. The number of likely N-dealkylation sites (tertiary alicyclic amines) is 1. The lowest BCUT2D eigenvalue weighted by Gasteiger charge is -2.25. The summed E-state index contributed by atoms with van der Waals surface area (Å²) < 4.78 is 2.28. The van der Waals surface area contributed by atoms with Crippen molar-refractivity contribution in [1.29, 1.82) is 0 Å². The van der Waals surface area contributed by atoms with Crippen LogP contribution in [0.4, 0.5) is 0 Å². The summed E-state index contributed by atoms with van der Waals surface area (Å²) in [5.74, 6) is 2.22. The monoisotopic (exact) mass is 338 g/mol. The van der Waals surface area contributed by atoms with Crippen molar-refractivity contribution >= 4 is 5.91 Å². The molecule has 2 aromatic rings. The normalized spacial score (nSPS) is 20.4. The fourth-order valence-corrected chi connectivity index (χ4v) is 4.24. The second-order valence-corrected chi connectivity index (χ2v) is 7.41. The summed E-state index contributed by atoms with van der Waals surface area (Å²) in [6, 6.07) is 6.13. The van der Waals surface area contributed by atoms with Crippen LogP contribution < -0.4 is 0 Å². The minimum atomic E-state index is 0.0625. The molecule has 0 bridgehead atoms. The number of benzene rings is 1. The van der Waals surface area contributed by atoms with Gasteiger partial charge in [-0.2, -0.15) is 0 Å². The third kappa shape index (κ3) is 2.96. The fraction of sp³-hybridized carbons (Fsp3) is 0.550. The van der Waals surface area contributed by atoms with E-state index in [2.05, 4.69) is 27.8 Å². The molecule has 1 unspecified atom stereocenters. The number of carbonyl (C=O) groups excluding carboxylic acids is 1. The zero-order valence-corrected chi connectivity index (χ0v) is 15.2. The quantitative estimate of drug-likeness (QED) is 0.841. The number of hydrogen-bond donors (Lipinski definition) is 0. The van der Waals surface area contributed by atoms with Crippen molar-refractivity contribution in [2.75, 3.05) is 6.54 Å². The zero-order chi connectivity index (χ0) is 17.4. The summed E-state index contributed by atoms with van der Waals surface area (Å²) in [5.41, 5.74) is 3.05. The molecule has 0 aliphatic carbocycles. The molecule has 1 fully saturated rings. The molecule has 1 aromatic heterocycles. The van der Waals surface area contributed by atoms with Crippen LogP contribution in [0.1, 0.15) is 71.3 Å². The topological polar surface area (TPSA) is 51.0 Å². The van der Waals surface area contributed by atoms with Crippen molar-refractivity contribution in [3.63, 3.8) is 0 Å². The molecule has 0 saturated carbocycles. The second-order valence-electron chi connectivity index (χ2n) is 7.41. The molecule has 0 N–H and O–H groups in total. The van der Waals surface area contributed by atoms with E-state index in [1.165, 1.54) is 24.8 Å². The Morgan fingerprint density at radius 3 is 2.80 bits per heavy atom. The molecule has 2 aliphatic heterocycles. The Bertz CT molecular complexity index is 795. The van der Waals surface area contributed by atoms with Gasteiger partial charge in [-0.05, 0) is 51.2 Å². The van der Waals surface area contributed by atoms with Crippen LogP contribution in [0, 0.1) is 13.8 Å². The third-order valence-electron chi connectivity index (χ3n) is 5.56. The Labute approximate surface area is 149 Å². The number of aromatic nitrogens is 3. The van der Waals surface area contributed by atoms with Crippen molar-refractivity contribution in [3.8, 4) is 0 Å². The molecular formula is C20H26N4O. The predicted molar refractivity (Wildman–Crippen MR) is 96.5 cm³/mol. The Balaban J connectivity index is 1.65. The Morgan fingerprint density at radius 2 is 1.96 bits per heavy atom. The van der Waals surface area contributed by atoms with Crippen LogP contribution in [-0.2, 0) is 13.0 Å². The van der Waals surface area contributed by atoms with Gasteiger partial charge in [-0.25, -0.2) is 0 Å². The number of carbonyl (C=O) groups is 1. The Kier molecular flexibility index (Phi) is 4.32. The van der Waals surface area contributed by atoms with Gasteiger partial charge >= 0.3 is 0 Å². The van der Waals surface area contributed by atoms with Gasteiger partial charge in [0.25, 0.3) is 5.91 Å². The van der Waals surface area contributed by atoms with Crippen LogP contribution in [0.3, 0.4) is 0 Å². The number of fused-ring (bicyclic) bond motifs is 1. The van der Waals surface area contributed by atoms with Gasteiger partial charge < -0.3 is 9.47 Å². The molecule has 3 heterocycles. The molecule has 1 atom stereocenters. The minimum Gasteiger partial charge on any atom is -0.328 e. The molecule has 25 heavy (non-hydrogen) atoms. The summed E-state index contributed by atoms with van der Waals surface area (Å²) >= 11 is 0. The summed E-state index contributed by atoms with van der Waals surface area (Å²) in [7, 11) is 0. The van der Waals surface area contributed by atoms with Crippen LogP contribution in [0.15, 0.2) is 18.2 Å². The van der Waals surface area contributed by atoms with E-state index in [-0.39, 0.29) is 11.9 Å². The summed E-state index contributed by atoms with van der Waals surface area (Å²) in [4.78, 5) is 15.2. The molecule has 2 aliphatic rings. The van der Waals surface area contributed by atoms with E-state index in [9.17, 15) is 4.79 Å². The Hall–Kier alpha value is -2.17. The van der Waals surface area contributed by atoms with Gasteiger partial charge in [0, 0.05) is 25.1 Å². The third-order valence-corrected chi connectivity index (χ3v) is 5.56. The van der Waals surface area contributed by atoms with Gasteiger partial charge in [0.2, 0.25) is 0 Å². The van der Waals surface area contributed by atoms with E-state index < -0.39 is 0 Å². The van der Waals surface area contributed by atoms with Gasteiger partial charge in [-0.1, -0.05) is 24.1 Å². The molecular weight excluding hydrogens is 312 g/mol. The van der Waals surface area contributed by atoms with E-state index in [4.69, 9.17) is 0 Å². The lowest BCUT2D eigenvalue weighted by Crippen LogP contribution is -2.32. The molecule has 1 aromatic carbocycles. The maximum atomic E-state index is 13.2. The highest BCUT2D eigenvalue weighted by molar-refractivity contribution is 5.96. The average Bonchev–Trinajstić information content (AvgIpc) is 3.15. The van der Waals surface area contributed by atoms with E-state index in [1.807, 2.05) is 24.0 Å². The first kappa shape index (κ1) is 16.3. The first-order chi connectivity index (χ1) is 12.1. The van der Waals surface area contributed by atoms with Gasteiger partial charge in [0.1, 0.15) is 5.82 Å². The van der Waals surface area contributed by atoms with Gasteiger partial charge in [0.05, 0.1) is 6.04 Å². The van der Waals surface area contributed by atoms with E-state index in [0.717, 1.165) is 55.1 Å². The van der Waals surface area contributed by atoms with Crippen molar-refractivity contribution in [2.24, 2.45) is 0 Å². The predicted octanol–water partition coefficient (Wildman–Crippen LogP) is 3.60. The van der Waals surface area contributed by atoms with Gasteiger partial charge in [0.15, 0.2) is 5.82 Å². The summed E-state index contributed by atoms with van der Waals surface area (Å²) in [6.45, 7) is 5.87. The lowest BCUT2D eigenvalue weighted by molar-refractivity contribution is 0.0726. The summed E-state index contributed by atoms with van der Waals surface area (Å²) in [6.07, 6.45) is 6.63. The standard InChI is InChI=1S/C20H26N4O/c1-14-9-10-16(15(2)13-14)20(25)23-12-6-7-17(23)19-22-21-18-8-4-3-5-11-24(18)19/h9-10,13,17H,3-8,11-12H2,1-2H3. The maximum absolute atomic E-state index is 13.2. The molecule has 1 saturated heterocycles. The smallest absolute Gasteiger partial charge is 0.254 e. The van der Waals surface area contributed by atoms with Gasteiger partial charge in [-0.3, -0.25) is 4.79 Å². The van der Waals surface area contributed by atoms with E-state index in [1.54, 1.807) is 0 Å². The van der Waals surface area contributed by atoms with Crippen LogP contribution >= 0.6 is 0 Å². The zero-order valence-electron chi connectivity index (χ0n) is 15.2. The van der Waals surface area contributed by atoms with Crippen molar-refractivity contribution < 1.29 is 4.79 Å². The van der Waals surface area contributed by atoms with E-state index in [0.29, 0.717) is 0 Å². The molecule has 1 amide bonds. The number of hydrogen-bond acceptors (Lipinski definition) is 3. The summed E-state index contributed by atoms with van der Waals surface area (Å²) in [5, 5.41) is 8.94. The largest absolute Gasteiger partial charge is 0.328 e. The fourth-order valence-electron chi connectivity index (χ4n) is 4.24. The minimum absolute atomic E-state index is 0.0625. The molecule has 132 valence electrons. The van der Waals surface area contributed by atoms with Crippen molar-refractivity contribution in [3.05, 3.63) is 46.5 Å². The van der Waals surface area contributed by atoms with Crippen LogP contribution in [0.25, 0.3) is 0 Å². The van der Waals surface area contributed by atoms with Crippen molar-refractivity contribution in [1.82, 2.24) is 19.7 Å². The second kappa shape index (κ2) is 6.62. The molecule has 5 heteroatoms. The highest BCUT2D eigenvalue weighted by Gasteiger charge is 2.35. The lowest BCUT2D eigenvalue weighted by atomic mass is 10.0. The van der Waals surface area contributed by atoms with Crippen LogP contribution in [-0.4, -0.2) is 32.1 Å². The number of amides is 1. The SMILES string of the molecule is Cc1ccc(C(=O)N2CCCC2c2nnc3n2CCCCC3)c(C)c1. The highest BCUT2D eigenvalue weighted by atomic mass is 16.2. The van der Waals surface area contributed by atoms with Crippen LogP contribution in [0.5, 0.6) is 0 Å². The number of rotatable bonds is 2. The molecule has 5 nitrogen and oxygen atoms in total. The van der Waals surface area contributed by atoms with Gasteiger partial charge in [-0.15, -0.1) is 10.2 Å².